The zero-order chi connectivity index (χ0) is 20.6. The van der Waals surface area contributed by atoms with E-state index in [9.17, 15) is 13.2 Å². The molecule has 0 aliphatic rings. The molecule has 0 bridgehead atoms. The van der Waals surface area contributed by atoms with Gasteiger partial charge in [0.25, 0.3) is 0 Å². The van der Waals surface area contributed by atoms with Gasteiger partial charge in [-0.1, -0.05) is 30.3 Å². The number of halogens is 1. The van der Waals surface area contributed by atoms with E-state index in [0.29, 0.717) is 21.2 Å². The summed E-state index contributed by atoms with van der Waals surface area (Å²) in [5.41, 5.74) is 2.83. The normalized spacial score (nSPS) is 11.5. The van der Waals surface area contributed by atoms with Crippen LogP contribution in [0.3, 0.4) is 0 Å². The molecule has 29 heavy (non-hydrogen) atoms. The molecule has 0 aliphatic heterocycles. The molecule has 2 N–H and O–H groups in total. The third kappa shape index (κ3) is 3.68. The van der Waals surface area contributed by atoms with E-state index in [4.69, 9.17) is 0 Å². The van der Waals surface area contributed by atoms with Gasteiger partial charge in [0, 0.05) is 39.9 Å². The Kier molecular flexibility index (Phi) is 4.97. The fourth-order valence-electron chi connectivity index (χ4n) is 3.06. The predicted molar refractivity (Wildman–Crippen MR) is 115 cm³/mol. The molecule has 2 heterocycles. The second kappa shape index (κ2) is 7.46. The van der Waals surface area contributed by atoms with E-state index in [2.05, 4.69) is 31.2 Å². The first-order valence-corrected chi connectivity index (χ1v) is 11.0. The highest BCUT2D eigenvalue weighted by Crippen LogP contribution is 2.35. The quantitative estimate of drug-likeness (QED) is 0.449. The number of H-pyrrole nitrogens is 1. The average Bonchev–Trinajstić information content (AvgIpc) is 3.14. The number of rotatable bonds is 4. The maximum Gasteiger partial charge on any atom is 0.221 e. The molecule has 146 valence electrons. The van der Waals surface area contributed by atoms with Crippen LogP contribution in [-0.4, -0.2) is 24.3 Å². The third-order valence-electron chi connectivity index (χ3n) is 4.40. The average molecular weight is 470 g/mol. The monoisotopic (exact) mass is 469 g/mol. The van der Waals surface area contributed by atoms with Crippen molar-refractivity contribution in [2.75, 3.05) is 5.32 Å². The van der Waals surface area contributed by atoms with Gasteiger partial charge in [-0.2, -0.15) is 0 Å². The van der Waals surface area contributed by atoms with E-state index in [0.717, 1.165) is 11.3 Å². The lowest BCUT2D eigenvalue weighted by Gasteiger charge is -2.07. The van der Waals surface area contributed by atoms with Crippen LogP contribution in [0, 0.1) is 0 Å². The molecule has 2 aromatic heterocycles. The van der Waals surface area contributed by atoms with Crippen LogP contribution in [0.15, 0.2) is 81.1 Å². The number of hydrogen-bond acceptors (Lipinski definition) is 4. The summed E-state index contributed by atoms with van der Waals surface area (Å²) in [5, 5.41) is 3.40. The van der Waals surface area contributed by atoms with Gasteiger partial charge in [-0.15, -0.1) is 0 Å². The highest BCUT2D eigenvalue weighted by atomic mass is 79.9. The van der Waals surface area contributed by atoms with Crippen molar-refractivity contribution in [1.82, 2.24) is 9.97 Å². The second-order valence-corrected chi connectivity index (χ2v) is 9.17. The fourth-order valence-corrected chi connectivity index (χ4v) is 5.41. The summed E-state index contributed by atoms with van der Waals surface area (Å²) in [7, 11) is -3.71. The number of fused-ring (bicyclic) bond motifs is 1. The Bertz CT molecular complexity index is 1330. The number of hydrogen-bond donors (Lipinski definition) is 2. The molecule has 8 heteroatoms. The number of nitrogens with one attached hydrogen (secondary N) is 2. The van der Waals surface area contributed by atoms with Crippen molar-refractivity contribution in [2.24, 2.45) is 0 Å². The Balaban J connectivity index is 1.81. The van der Waals surface area contributed by atoms with Gasteiger partial charge in [0.05, 0.1) is 4.90 Å². The van der Waals surface area contributed by atoms with E-state index in [1.54, 1.807) is 36.4 Å². The Morgan fingerprint density at radius 2 is 1.83 bits per heavy atom. The Labute approximate surface area is 176 Å². The second-order valence-electron chi connectivity index (χ2n) is 6.46. The van der Waals surface area contributed by atoms with E-state index < -0.39 is 9.84 Å². The van der Waals surface area contributed by atoms with E-state index in [1.807, 2.05) is 24.3 Å². The van der Waals surface area contributed by atoms with Gasteiger partial charge in [-0.3, -0.25) is 4.79 Å². The molecular weight excluding hydrogens is 454 g/mol. The minimum Gasteiger partial charge on any atom is -0.339 e. The first-order chi connectivity index (χ1) is 13.9. The SMILES string of the molecule is CC(=O)Nc1cccc(-c2cc3c(Br)c(S(=O)(=O)c4ccccc4)cnc3[nH]2)c1. The Morgan fingerprint density at radius 1 is 1.07 bits per heavy atom. The maximum absolute atomic E-state index is 13.0. The van der Waals surface area contributed by atoms with Gasteiger partial charge in [-0.05, 0) is 46.3 Å². The van der Waals surface area contributed by atoms with Crippen LogP contribution in [0.25, 0.3) is 22.3 Å². The summed E-state index contributed by atoms with van der Waals surface area (Å²) >= 11 is 3.45. The first-order valence-electron chi connectivity index (χ1n) is 8.71. The molecule has 0 radical (unpaired) electrons. The summed E-state index contributed by atoms with van der Waals surface area (Å²) < 4.78 is 26.5. The van der Waals surface area contributed by atoms with Crippen molar-refractivity contribution in [3.05, 3.63) is 71.3 Å². The minimum atomic E-state index is -3.71. The summed E-state index contributed by atoms with van der Waals surface area (Å²) in [4.78, 5) is 19.1. The van der Waals surface area contributed by atoms with Crippen molar-refractivity contribution < 1.29 is 13.2 Å². The fraction of sp³-hybridized carbons (Fsp3) is 0.0476. The molecule has 4 rings (SSSR count). The van der Waals surface area contributed by atoms with Crippen molar-refractivity contribution in [3.63, 3.8) is 0 Å². The third-order valence-corrected chi connectivity index (χ3v) is 7.30. The number of aromatic amines is 1. The number of nitrogens with zero attached hydrogens (tertiary/aromatic N) is 1. The zero-order valence-electron chi connectivity index (χ0n) is 15.3. The predicted octanol–water partition coefficient (Wildman–Crippen LogP) is 4.78. The molecule has 6 nitrogen and oxygen atoms in total. The largest absolute Gasteiger partial charge is 0.339 e. The van der Waals surface area contributed by atoms with Gasteiger partial charge in [0.2, 0.25) is 15.7 Å². The first kappa shape index (κ1) is 19.4. The van der Waals surface area contributed by atoms with Crippen molar-refractivity contribution in [2.45, 2.75) is 16.7 Å². The van der Waals surface area contributed by atoms with Crippen LogP contribution in [0.2, 0.25) is 0 Å². The number of carbonyl (C=O) groups is 1. The number of amides is 1. The van der Waals surface area contributed by atoms with Crippen LogP contribution in [0.5, 0.6) is 0 Å². The highest BCUT2D eigenvalue weighted by molar-refractivity contribution is 9.10. The summed E-state index contributed by atoms with van der Waals surface area (Å²) in [5.74, 6) is -0.154. The molecule has 4 aromatic rings. The lowest BCUT2D eigenvalue weighted by atomic mass is 10.1. The van der Waals surface area contributed by atoms with Crippen molar-refractivity contribution in [1.29, 1.82) is 0 Å². The van der Waals surface area contributed by atoms with Gasteiger partial charge in [-0.25, -0.2) is 13.4 Å². The maximum atomic E-state index is 13.0. The van der Waals surface area contributed by atoms with Crippen molar-refractivity contribution >= 4 is 48.4 Å². The van der Waals surface area contributed by atoms with Crippen LogP contribution in [0.1, 0.15) is 6.92 Å². The number of carbonyl (C=O) groups excluding carboxylic acids is 1. The smallest absolute Gasteiger partial charge is 0.221 e. The van der Waals surface area contributed by atoms with Crippen LogP contribution >= 0.6 is 15.9 Å². The molecule has 0 fully saturated rings. The molecule has 0 aliphatic carbocycles. The molecule has 2 aromatic carbocycles. The van der Waals surface area contributed by atoms with E-state index >= 15 is 0 Å². The Hall–Kier alpha value is -2.97. The number of sulfone groups is 1. The number of anilines is 1. The Morgan fingerprint density at radius 3 is 2.55 bits per heavy atom. The summed E-state index contributed by atoms with van der Waals surface area (Å²) in [6.45, 7) is 1.45. The number of pyridine rings is 1. The number of aromatic nitrogens is 2. The van der Waals surface area contributed by atoms with Crippen LogP contribution < -0.4 is 5.32 Å². The number of benzene rings is 2. The lowest BCUT2D eigenvalue weighted by Crippen LogP contribution is -2.05. The molecule has 0 spiro atoms. The highest BCUT2D eigenvalue weighted by Gasteiger charge is 2.23. The van der Waals surface area contributed by atoms with Crippen LogP contribution in [-0.2, 0) is 14.6 Å². The minimum absolute atomic E-state index is 0.105. The van der Waals surface area contributed by atoms with E-state index in [-0.39, 0.29) is 15.7 Å². The van der Waals surface area contributed by atoms with Gasteiger partial charge >= 0.3 is 0 Å². The lowest BCUT2D eigenvalue weighted by molar-refractivity contribution is -0.114. The summed E-state index contributed by atoms with van der Waals surface area (Å²) in [6, 6.07) is 17.4. The van der Waals surface area contributed by atoms with Gasteiger partial charge in [0.1, 0.15) is 10.5 Å². The molecular formula is C21H16BrN3O3S. The topological polar surface area (TPSA) is 91.9 Å². The molecule has 0 unspecified atom stereocenters. The van der Waals surface area contributed by atoms with Gasteiger partial charge in [0.15, 0.2) is 0 Å². The van der Waals surface area contributed by atoms with Gasteiger partial charge < -0.3 is 10.3 Å². The molecule has 0 saturated heterocycles. The van der Waals surface area contributed by atoms with E-state index in [1.165, 1.54) is 13.1 Å². The van der Waals surface area contributed by atoms with Crippen molar-refractivity contribution in [3.8, 4) is 11.3 Å². The molecule has 0 saturated carbocycles. The summed E-state index contributed by atoms with van der Waals surface area (Å²) in [6.07, 6.45) is 1.35. The van der Waals surface area contributed by atoms with Crippen LogP contribution in [0.4, 0.5) is 5.69 Å². The molecule has 1 amide bonds. The molecule has 0 atom stereocenters. The standard InChI is InChI=1S/C21H16BrN3O3S/c1-13(26)24-15-7-5-6-14(10-15)18-11-17-20(22)19(12-23-21(17)25-18)29(27,28)16-8-3-2-4-9-16/h2-12H,1H3,(H,23,25)(H,24,26). The zero-order valence-corrected chi connectivity index (χ0v) is 17.7.